The minimum absolute atomic E-state index is 0.0129. The summed E-state index contributed by atoms with van der Waals surface area (Å²) in [6.07, 6.45) is 2.46. The second-order valence-electron chi connectivity index (χ2n) is 7.33. The summed E-state index contributed by atoms with van der Waals surface area (Å²) < 4.78 is 27.7. The van der Waals surface area contributed by atoms with E-state index < -0.39 is 20.9 Å². The average Bonchev–Trinajstić information content (AvgIpc) is 2.76. The van der Waals surface area contributed by atoms with Crippen LogP contribution in [0.25, 0.3) is 6.08 Å². The van der Waals surface area contributed by atoms with Crippen molar-refractivity contribution in [1.82, 2.24) is 0 Å². The van der Waals surface area contributed by atoms with Crippen LogP contribution in [-0.2, 0) is 14.8 Å². The van der Waals surface area contributed by atoms with Crippen molar-refractivity contribution in [2.75, 3.05) is 4.31 Å². The molecule has 1 amide bonds. The van der Waals surface area contributed by atoms with Gasteiger partial charge in [-0.3, -0.25) is 14.9 Å². The molecule has 3 aromatic carbocycles. The first kappa shape index (κ1) is 22.9. The number of carbonyl (C=O) groups excluding carboxylic acids is 1. The van der Waals surface area contributed by atoms with Crippen LogP contribution in [0.2, 0.25) is 0 Å². The van der Waals surface area contributed by atoms with E-state index in [1.807, 2.05) is 19.9 Å². The molecule has 0 spiro atoms. The number of rotatable bonds is 6. The molecule has 0 heterocycles. The summed E-state index contributed by atoms with van der Waals surface area (Å²) in [5, 5.41) is 11.0. The maximum absolute atomic E-state index is 13.5. The Morgan fingerprint density at radius 1 is 0.969 bits per heavy atom. The Kier molecular flexibility index (Phi) is 6.55. The molecule has 0 fully saturated rings. The van der Waals surface area contributed by atoms with Crippen LogP contribution in [0, 0.1) is 30.9 Å². The zero-order chi connectivity index (χ0) is 23.5. The molecule has 0 unspecified atom stereocenters. The van der Waals surface area contributed by atoms with Crippen LogP contribution in [-0.4, -0.2) is 19.2 Å². The zero-order valence-electron chi connectivity index (χ0n) is 17.8. The molecule has 3 rings (SSSR count). The highest BCUT2D eigenvalue weighted by molar-refractivity contribution is 7.93. The number of amides is 1. The Balaban J connectivity index is 2.09. The normalized spacial score (nSPS) is 11.5. The van der Waals surface area contributed by atoms with Gasteiger partial charge in [-0.2, -0.15) is 4.31 Å². The lowest BCUT2D eigenvalue weighted by molar-refractivity contribution is -0.384. The molecular formula is C24H22N2O5S. The third-order valence-corrected chi connectivity index (χ3v) is 6.78. The van der Waals surface area contributed by atoms with Gasteiger partial charge < -0.3 is 0 Å². The molecule has 0 saturated carbocycles. The van der Waals surface area contributed by atoms with E-state index in [9.17, 15) is 23.3 Å². The number of anilines is 1. The summed E-state index contributed by atoms with van der Waals surface area (Å²) in [6, 6.07) is 17.1. The van der Waals surface area contributed by atoms with Gasteiger partial charge in [-0.05, 0) is 61.7 Å². The van der Waals surface area contributed by atoms with Crippen molar-refractivity contribution in [3.8, 4) is 0 Å². The number of hydrogen-bond donors (Lipinski definition) is 0. The quantitative estimate of drug-likeness (QED) is 0.300. The number of nitrogens with zero attached hydrogens (tertiary/aromatic N) is 2. The van der Waals surface area contributed by atoms with E-state index in [2.05, 4.69) is 0 Å². The predicted molar refractivity (Wildman–Crippen MR) is 124 cm³/mol. The number of hydrogen-bond acceptors (Lipinski definition) is 5. The molecule has 8 heteroatoms. The lowest BCUT2D eigenvalue weighted by Gasteiger charge is -2.24. The predicted octanol–water partition coefficient (Wildman–Crippen LogP) is 4.96. The van der Waals surface area contributed by atoms with E-state index in [0.717, 1.165) is 21.5 Å². The van der Waals surface area contributed by atoms with E-state index in [1.165, 1.54) is 36.4 Å². The zero-order valence-corrected chi connectivity index (χ0v) is 18.7. The number of aryl methyl sites for hydroxylation is 2. The van der Waals surface area contributed by atoms with Crippen LogP contribution in [0.3, 0.4) is 0 Å². The number of nitro groups is 1. The van der Waals surface area contributed by atoms with Crippen molar-refractivity contribution in [3.05, 3.63) is 105 Å². The summed E-state index contributed by atoms with van der Waals surface area (Å²) in [6.45, 7) is 5.42. The first-order chi connectivity index (χ1) is 15.1. The molecule has 0 radical (unpaired) electrons. The standard InChI is InChI=1S/C24H22N2O5S/c1-17-10-13-22(14-11-17)32(30,31)25(23-9-4-6-18(2)19(23)3)24(27)15-12-20-7-5-8-21(16-20)26(28)29/h4-16H,1-3H3/b15-12+. The molecule has 164 valence electrons. The Morgan fingerprint density at radius 3 is 2.28 bits per heavy atom. The first-order valence-corrected chi connectivity index (χ1v) is 11.2. The lowest BCUT2D eigenvalue weighted by Crippen LogP contribution is -2.36. The van der Waals surface area contributed by atoms with Crippen LogP contribution >= 0.6 is 0 Å². The largest absolute Gasteiger partial charge is 0.271 e. The third kappa shape index (κ3) is 4.76. The minimum Gasteiger partial charge on any atom is -0.268 e. The van der Waals surface area contributed by atoms with Gasteiger partial charge in [0.25, 0.3) is 21.6 Å². The van der Waals surface area contributed by atoms with Crippen molar-refractivity contribution in [2.45, 2.75) is 25.7 Å². The Hall–Kier alpha value is -3.78. The van der Waals surface area contributed by atoms with Crippen LogP contribution in [0.1, 0.15) is 22.3 Å². The highest BCUT2D eigenvalue weighted by atomic mass is 32.2. The topological polar surface area (TPSA) is 97.6 Å². The molecule has 3 aromatic rings. The monoisotopic (exact) mass is 450 g/mol. The minimum atomic E-state index is -4.21. The third-order valence-electron chi connectivity index (χ3n) is 5.05. The van der Waals surface area contributed by atoms with Gasteiger partial charge in [0.15, 0.2) is 0 Å². The summed E-state index contributed by atoms with van der Waals surface area (Å²) in [4.78, 5) is 23.7. The smallest absolute Gasteiger partial charge is 0.268 e. The number of nitro benzene ring substituents is 1. The summed E-state index contributed by atoms with van der Waals surface area (Å²) in [5.41, 5.74) is 2.90. The Labute approximate surface area is 186 Å². The Bertz CT molecular complexity index is 1310. The molecule has 0 bridgehead atoms. The van der Waals surface area contributed by atoms with Crippen LogP contribution < -0.4 is 4.31 Å². The lowest BCUT2D eigenvalue weighted by atomic mass is 10.1. The van der Waals surface area contributed by atoms with E-state index in [-0.39, 0.29) is 16.3 Å². The van der Waals surface area contributed by atoms with Gasteiger partial charge in [-0.1, -0.05) is 42.0 Å². The van der Waals surface area contributed by atoms with Crippen molar-refractivity contribution < 1.29 is 18.1 Å². The molecule has 0 aliphatic carbocycles. The van der Waals surface area contributed by atoms with Crippen molar-refractivity contribution in [2.24, 2.45) is 0 Å². The Morgan fingerprint density at radius 2 is 1.62 bits per heavy atom. The van der Waals surface area contributed by atoms with Gasteiger partial charge in [0.1, 0.15) is 0 Å². The number of carbonyl (C=O) groups is 1. The number of non-ortho nitro benzene ring substituents is 1. The first-order valence-electron chi connectivity index (χ1n) is 9.76. The van der Waals surface area contributed by atoms with Gasteiger partial charge in [0, 0.05) is 18.2 Å². The second kappa shape index (κ2) is 9.15. The molecule has 0 saturated heterocycles. The molecule has 0 aromatic heterocycles. The SMILES string of the molecule is Cc1ccc(S(=O)(=O)N(C(=O)/C=C/c2cccc([N+](=O)[O-])c2)c2cccc(C)c2C)cc1. The van der Waals surface area contributed by atoms with Gasteiger partial charge in [0.2, 0.25) is 0 Å². The van der Waals surface area contributed by atoms with Crippen molar-refractivity contribution in [3.63, 3.8) is 0 Å². The maximum atomic E-state index is 13.5. The van der Waals surface area contributed by atoms with Gasteiger partial charge >= 0.3 is 0 Å². The molecule has 0 N–H and O–H groups in total. The van der Waals surface area contributed by atoms with E-state index in [1.54, 1.807) is 37.3 Å². The summed E-state index contributed by atoms with van der Waals surface area (Å²) in [5.74, 6) is -0.786. The molecule has 7 nitrogen and oxygen atoms in total. The molecule has 0 aliphatic rings. The van der Waals surface area contributed by atoms with Crippen molar-refractivity contribution in [1.29, 1.82) is 0 Å². The fourth-order valence-corrected chi connectivity index (χ4v) is 4.56. The van der Waals surface area contributed by atoms with E-state index >= 15 is 0 Å². The average molecular weight is 451 g/mol. The molecule has 0 aliphatic heterocycles. The van der Waals surface area contributed by atoms with Crippen molar-refractivity contribution >= 4 is 33.4 Å². The van der Waals surface area contributed by atoms with Crippen LogP contribution in [0.15, 0.2) is 77.7 Å². The summed E-state index contributed by atoms with van der Waals surface area (Å²) in [7, 11) is -4.21. The maximum Gasteiger partial charge on any atom is 0.271 e. The second-order valence-corrected chi connectivity index (χ2v) is 9.11. The highest BCUT2D eigenvalue weighted by Gasteiger charge is 2.31. The van der Waals surface area contributed by atoms with Gasteiger partial charge in [-0.15, -0.1) is 0 Å². The fourth-order valence-electron chi connectivity index (χ4n) is 3.12. The molecule has 32 heavy (non-hydrogen) atoms. The van der Waals surface area contributed by atoms with Gasteiger partial charge in [0.05, 0.1) is 15.5 Å². The molecular weight excluding hydrogens is 428 g/mol. The molecule has 0 atom stereocenters. The number of benzene rings is 3. The van der Waals surface area contributed by atoms with E-state index in [0.29, 0.717) is 11.1 Å². The van der Waals surface area contributed by atoms with Gasteiger partial charge in [-0.25, -0.2) is 8.42 Å². The fraction of sp³-hybridized carbons (Fsp3) is 0.125. The highest BCUT2D eigenvalue weighted by Crippen LogP contribution is 2.29. The number of sulfonamides is 1. The van der Waals surface area contributed by atoms with E-state index in [4.69, 9.17) is 0 Å². The van der Waals surface area contributed by atoms with Crippen LogP contribution in [0.5, 0.6) is 0 Å². The van der Waals surface area contributed by atoms with Crippen LogP contribution in [0.4, 0.5) is 11.4 Å². The summed E-state index contributed by atoms with van der Waals surface area (Å²) >= 11 is 0.